The standard InChI is InChI=1S/C60H43Br2N/c1-58(2,3)38-26-30-45(31-27-38)63-56-32-28-41(59(39-14-12-16-43(61)34-39)52-22-8-4-18-46(52)47-19-5-9-23-53(47)59)36-50(56)51-37-42(29-33-57(51)63)60(40-15-13-17-44(62)35-40)54-24-10-6-20-48(54)49-21-7-11-25-55(49)60/h4-37H,1-3H3. The Morgan fingerprint density at radius 2 is 0.730 bits per heavy atom. The van der Waals surface area contributed by atoms with Gasteiger partial charge < -0.3 is 4.57 Å². The molecule has 3 heteroatoms. The Balaban J connectivity index is 1.21. The Morgan fingerprint density at radius 3 is 1.10 bits per heavy atom. The number of benzene rings is 9. The van der Waals surface area contributed by atoms with Crippen LogP contribution in [0.15, 0.2) is 215 Å². The van der Waals surface area contributed by atoms with Crippen LogP contribution in [0.4, 0.5) is 0 Å². The fourth-order valence-corrected chi connectivity index (χ4v) is 12.2. The summed E-state index contributed by atoms with van der Waals surface area (Å²) in [5, 5.41) is 2.45. The van der Waals surface area contributed by atoms with Crippen molar-refractivity contribution < 1.29 is 0 Å². The van der Waals surface area contributed by atoms with Crippen molar-refractivity contribution in [3.8, 4) is 27.9 Å². The maximum atomic E-state index is 3.89. The molecule has 2 aliphatic carbocycles. The van der Waals surface area contributed by atoms with Gasteiger partial charge in [-0.1, -0.05) is 198 Å². The third-order valence-electron chi connectivity index (χ3n) is 14.0. The van der Waals surface area contributed by atoms with Crippen LogP contribution in [-0.2, 0) is 16.2 Å². The molecule has 12 rings (SSSR count). The molecule has 63 heavy (non-hydrogen) atoms. The van der Waals surface area contributed by atoms with Gasteiger partial charge in [-0.2, -0.15) is 0 Å². The Bertz CT molecular complexity index is 3180. The summed E-state index contributed by atoms with van der Waals surface area (Å²) in [6.45, 7) is 6.85. The molecule has 0 fully saturated rings. The molecule has 0 amide bonds. The van der Waals surface area contributed by atoms with Crippen LogP contribution in [0.5, 0.6) is 0 Å². The summed E-state index contributed by atoms with van der Waals surface area (Å²) >= 11 is 7.78. The third kappa shape index (κ3) is 5.46. The van der Waals surface area contributed by atoms with Gasteiger partial charge in [-0.15, -0.1) is 0 Å². The molecule has 10 aromatic rings. The van der Waals surface area contributed by atoms with Crippen LogP contribution in [0.2, 0.25) is 0 Å². The second-order valence-electron chi connectivity index (χ2n) is 18.3. The lowest BCUT2D eigenvalue weighted by molar-refractivity contribution is 0.590. The van der Waals surface area contributed by atoms with Crippen LogP contribution in [0, 0.1) is 0 Å². The first-order chi connectivity index (χ1) is 30.7. The normalized spacial score (nSPS) is 14.4. The number of rotatable bonds is 5. The molecule has 0 N–H and O–H groups in total. The molecule has 0 bridgehead atoms. The van der Waals surface area contributed by atoms with Gasteiger partial charge >= 0.3 is 0 Å². The molecular weight excluding hydrogens is 894 g/mol. The molecule has 0 unspecified atom stereocenters. The highest BCUT2D eigenvalue weighted by Crippen LogP contribution is 2.59. The van der Waals surface area contributed by atoms with E-state index in [1.807, 2.05) is 0 Å². The Hall–Kier alpha value is -6.26. The van der Waals surface area contributed by atoms with Crippen molar-refractivity contribution in [3.05, 3.63) is 265 Å². The Labute approximate surface area is 386 Å². The molecule has 0 spiro atoms. The molecule has 0 saturated heterocycles. The molecule has 0 radical (unpaired) electrons. The molecule has 1 aromatic heterocycles. The third-order valence-corrected chi connectivity index (χ3v) is 15.0. The zero-order valence-electron chi connectivity index (χ0n) is 35.3. The number of hydrogen-bond acceptors (Lipinski definition) is 0. The number of nitrogens with zero attached hydrogens (tertiary/aromatic N) is 1. The molecule has 302 valence electrons. The van der Waals surface area contributed by atoms with E-state index in [2.05, 4.69) is 263 Å². The minimum absolute atomic E-state index is 0.0480. The predicted molar refractivity (Wildman–Crippen MR) is 269 cm³/mol. The van der Waals surface area contributed by atoms with Crippen molar-refractivity contribution in [2.45, 2.75) is 37.0 Å². The van der Waals surface area contributed by atoms with Gasteiger partial charge in [0.15, 0.2) is 0 Å². The van der Waals surface area contributed by atoms with Crippen molar-refractivity contribution in [2.75, 3.05) is 0 Å². The largest absolute Gasteiger partial charge is 0.309 e. The molecule has 0 saturated carbocycles. The quantitative estimate of drug-likeness (QED) is 0.162. The van der Waals surface area contributed by atoms with E-state index < -0.39 is 10.8 Å². The maximum absolute atomic E-state index is 3.89. The van der Waals surface area contributed by atoms with Crippen LogP contribution < -0.4 is 0 Å². The summed E-state index contributed by atoms with van der Waals surface area (Å²) in [6, 6.07) is 77.8. The van der Waals surface area contributed by atoms with E-state index in [1.165, 1.54) is 94.1 Å². The maximum Gasteiger partial charge on any atom is 0.0714 e. The van der Waals surface area contributed by atoms with Gasteiger partial charge in [0.25, 0.3) is 0 Å². The second-order valence-corrected chi connectivity index (χ2v) is 20.1. The first kappa shape index (κ1) is 38.4. The van der Waals surface area contributed by atoms with E-state index in [0.29, 0.717) is 0 Å². The average molecular weight is 938 g/mol. The van der Waals surface area contributed by atoms with E-state index >= 15 is 0 Å². The van der Waals surface area contributed by atoms with Crippen molar-refractivity contribution in [1.29, 1.82) is 0 Å². The van der Waals surface area contributed by atoms with Crippen molar-refractivity contribution in [3.63, 3.8) is 0 Å². The van der Waals surface area contributed by atoms with Crippen molar-refractivity contribution in [1.82, 2.24) is 4.57 Å². The smallest absolute Gasteiger partial charge is 0.0714 e. The van der Waals surface area contributed by atoms with Gasteiger partial charge in [-0.05, 0) is 138 Å². The van der Waals surface area contributed by atoms with Gasteiger partial charge in [0, 0.05) is 25.4 Å². The van der Waals surface area contributed by atoms with E-state index in [-0.39, 0.29) is 5.41 Å². The van der Waals surface area contributed by atoms with Crippen LogP contribution >= 0.6 is 31.9 Å². The van der Waals surface area contributed by atoms with Crippen molar-refractivity contribution in [2.24, 2.45) is 0 Å². The molecule has 2 aliphatic rings. The van der Waals surface area contributed by atoms with Gasteiger partial charge in [-0.3, -0.25) is 0 Å². The SMILES string of the molecule is CC(C)(C)c1ccc(-n2c3ccc(C4(c5cccc(Br)c5)c5ccccc5-c5ccccc54)cc3c3cc(C4(c5cccc(Br)c5)c5ccccc5-c5ccccc54)ccc32)cc1. The van der Waals surface area contributed by atoms with E-state index in [0.717, 1.165) is 14.6 Å². The van der Waals surface area contributed by atoms with Crippen LogP contribution in [0.3, 0.4) is 0 Å². The number of halogens is 2. The zero-order chi connectivity index (χ0) is 42.7. The second kappa shape index (κ2) is 14.1. The van der Waals surface area contributed by atoms with Gasteiger partial charge in [0.05, 0.1) is 21.9 Å². The fourth-order valence-electron chi connectivity index (χ4n) is 11.4. The van der Waals surface area contributed by atoms with Gasteiger partial charge in [-0.25, -0.2) is 0 Å². The summed E-state index contributed by atoms with van der Waals surface area (Å²) in [4.78, 5) is 0. The number of fused-ring (bicyclic) bond motifs is 9. The number of aromatic nitrogens is 1. The minimum Gasteiger partial charge on any atom is -0.309 e. The molecule has 9 aromatic carbocycles. The van der Waals surface area contributed by atoms with E-state index in [9.17, 15) is 0 Å². The van der Waals surface area contributed by atoms with Gasteiger partial charge in [0.2, 0.25) is 0 Å². The highest BCUT2D eigenvalue weighted by atomic mass is 79.9. The highest BCUT2D eigenvalue weighted by Gasteiger charge is 2.48. The lowest BCUT2D eigenvalue weighted by Gasteiger charge is -2.34. The first-order valence-electron chi connectivity index (χ1n) is 21.8. The van der Waals surface area contributed by atoms with Gasteiger partial charge in [0.1, 0.15) is 0 Å². The molecule has 1 heterocycles. The van der Waals surface area contributed by atoms with Crippen LogP contribution in [0.25, 0.3) is 49.7 Å². The topological polar surface area (TPSA) is 4.93 Å². The monoisotopic (exact) mass is 935 g/mol. The average Bonchev–Trinajstić information content (AvgIpc) is 3.91. The molecule has 0 atom stereocenters. The zero-order valence-corrected chi connectivity index (χ0v) is 38.5. The summed E-state index contributed by atoms with van der Waals surface area (Å²) in [5.74, 6) is 0. The van der Waals surface area contributed by atoms with E-state index in [4.69, 9.17) is 0 Å². The summed E-state index contributed by atoms with van der Waals surface area (Å²) in [6.07, 6.45) is 0. The molecule has 0 aliphatic heterocycles. The highest BCUT2D eigenvalue weighted by molar-refractivity contribution is 9.10. The summed E-state index contributed by atoms with van der Waals surface area (Å²) in [5.41, 5.74) is 19.1. The van der Waals surface area contributed by atoms with E-state index in [1.54, 1.807) is 0 Å². The molecule has 1 nitrogen and oxygen atoms in total. The molecular formula is C60H43Br2N. The Kier molecular flexibility index (Phi) is 8.61. The van der Waals surface area contributed by atoms with Crippen LogP contribution in [-0.4, -0.2) is 4.57 Å². The Morgan fingerprint density at radius 1 is 0.365 bits per heavy atom. The fraction of sp³-hybridized carbons (Fsp3) is 0.100. The lowest BCUT2D eigenvalue weighted by Crippen LogP contribution is -2.28. The number of hydrogen-bond donors (Lipinski definition) is 0. The van der Waals surface area contributed by atoms with Crippen molar-refractivity contribution >= 4 is 53.7 Å². The lowest BCUT2D eigenvalue weighted by atomic mass is 9.67. The first-order valence-corrected chi connectivity index (χ1v) is 23.4. The summed E-state index contributed by atoms with van der Waals surface area (Å²) < 4.78 is 4.62. The summed E-state index contributed by atoms with van der Waals surface area (Å²) in [7, 11) is 0. The minimum atomic E-state index is -0.549. The predicted octanol–water partition coefficient (Wildman–Crippen LogP) is 16.3. The van der Waals surface area contributed by atoms with Crippen LogP contribution in [0.1, 0.15) is 70.8 Å².